The van der Waals surface area contributed by atoms with Crippen LogP contribution in [0, 0.1) is 0 Å². The molecule has 226 valence electrons. The third kappa shape index (κ3) is 12.9. The number of carbonyl (C=O) groups excluding carboxylic acids is 3. The number of nitrogens with one attached hydrogen (secondary N) is 1. The van der Waals surface area contributed by atoms with Crippen molar-refractivity contribution in [3.05, 3.63) is 23.8 Å². The number of rotatable bonds is 21. The molecule has 0 aromatic heterocycles. The van der Waals surface area contributed by atoms with Crippen LogP contribution >= 0.6 is 0 Å². The van der Waals surface area contributed by atoms with Gasteiger partial charge < -0.3 is 19.3 Å². The van der Waals surface area contributed by atoms with Crippen molar-refractivity contribution < 1.29 is 38.5 Å². The van der Waals surface area contributed by atoms with Gasteiger partial charge in [-0.2, -0.15) is 0 Å². The second kappa shape index (κ2) is 19.2. The average molecular weight is 564 g/mol. The summed E-state index contributed by atoms with van der Waals surface area (Å²) in [4.78, 5) is 50.2. The molecular formula is C31H49NO8. The zero-order valence-electron chi connectivity index (χ0n) is 25.0. The van der Waals surface area contributed by atoms with Crippen LogP contribution in [0.4, 0.5) is 0 Å². The summed E-state index contributed by atoms with van der Waals surface area (Å²) in [5.41, 5.74) is -1.60. The van der Waals surface area contributed by atoms with E-state index < -0.39 is 29.6 Å². The maximum atomic E-state index is 12.7. The van der Waals surface area contributed by atoms with E-state index in [0.717, 1.165) is 38.5 Å². The van der Waals surface area contributed by atoms with E-state index in [4.69, 9.17) is 14.2 Å². The summed E-state index contributed by atoms with van der Waals surface area (Å²) in [6.45, 7) is 9.79. The van der Waals surface area contributed by atoms with Gasteiger partial charge >= 0.3 is 23.9 Å². The number of hydrogen-bond donors (Lipinski definition) is 2. The summed E-state index contributed by atoms with van der Waals surface area (Å²) in [6, 6.07) is 4.29. The smallest absolute Gasteiger partial charge is 0.364 e. The van der Waals surface area contributed by atoms with Gasteiger partial charge in [-0.3, -0.25) is 19.7 Å². The SMILES string of the molecule is CCCCCC(=O)Oc1ccc(C[C@](NC(C)CC)(OC(=O)CCCCC)C(=O)O)cc1OC(=O)CCCCC. The molecule has 1 rings (SSSR count). The highest BCUT2D eigenvalue weighted by Gasteiger charge is 2.44. The molecular weight excluding hydrogens is 514 g/mol. The minimum Gasteiger partial charge on any atom is -0.477 e. The quantitative estimate of drug-likeness (QED) is 0.0746. The average Bonchev–Trinajstić information content (AvgIpc) is 2.90. The van der Waals surface area contributed by atoms with Crippen molar-refractivity contribution in [2.24, 2.45) is 0 Å². The second-order valence-corrected chi connectivity index (χ2v) is 10.3. The Morgan fingerprint density at radius 1 is 0.775 bits per heavy atom. The molecule has 0 heterocycles. The number of aliphatic carboxylic acids is 1. The number of benzene rings is 1. The summed E-state index contributed by atoms with van der Waals surface area (Å²) in [6.07, 6.45) is 8.30. The molecule has 0 fully saturated rings. The van der Waals surface area contributed by atoms with E-state index in [9.17, 15) is 24.3 Å². The summed E-state index contributed by atoms with van der Waals surface area (Å²) >= 11 is 0. The number of ether oxygens (including phenoxy) is 3. The van der Waals surface area contributed by atoms with Crippen LogP contribution < -0.4 is 14.8 Å². The Hall–Kier alpha value is -2.94. The van der Waals surface area contributed by atoms with Gasteiger partial charge in [0.15, 0.2) is 11.5 Å². The first-order valence-corrected chi connectivity index (χ1v) is 14.9. The molecule has 0 saturated heterocycles. The van der Waals surface area contributed by atoms with Gasteiger partial charge in [0.2, 0.25) is 0 Å². The lowest BCUT2D eigenvalue weighted by atomic mass is 10.00. The van der Waals surface area contributed by atoms with Crippen LogP contribution in [-0.2, 0) is 30.3 Å². The Balaban J connectivity index is 3.33. The number of esters is 3. The van der Waals surface area contributed by atoms with E-state index in [2.05, 4.69) is 5.32 Å². The van der Waals surface area contributed by atoms with Crippen LogP contribution in [0.25, 0.3) is 0 Å². The summed E-state index contributed by atoms with van der Waals surface area (Å²) < 4.78 is 16.7. The fourth-order valence-electron chi connectivity index (χ4n) is 4.06. The lowest BCUT2D eigenvalue weighted by Gasteiger charge is -2.33. The van der Waals surface area contributed by atoms with Crippen molar-refractivity contribution in [2.45, 2.75) is 136 Å². The number of carboxylic acids is 1. The lowest BCUT2D eigenvalue weighted by molar-refractivity contribution is -0.184. The molecule has 9 heteroatoms. The topological polar surface area (TPSA) is 128 Å². The van der Waals surface area contributed by atoms with Gasteiger partial charge in [-0.1, -0.05) is 72.3 Å². The number of carboxylic acid groups (broad SMARTS) is 1. The Bertz CT molecular complexity index is 947. The molecule has 0 aliphatic carbocycles. The van der Waals surface area contributed by atoms with E-state index in [0.29, 0.717) is 31.2 Å². The summed E-state index contributed by atoms with van der Waals surface area (Å²) in [5, 5.41) is 13.3. The van der Waals surface area contributed by atoms with Crippen molar-refractivity contribution in [1.82, 2.24) is 5.32 Å². The first-order valence-electron chi connectivity index (χ1n) is 14.9. The molecule has 40 heavy (non-hydrogen) atoms. The van der Waals surface area contributed by atoms with Crippen LogP contribution in [0.3, 0.4) is 0 Å². The van der Waals surface area contributed by atoms with E-state index in [-0.39, 0.29) is 43.2 Å². The zero-order chi connectivity index (χ0) is 30.0. The van der Waals surface area contributed by atoms with E-state index >= 15 is 0 Å². The predicted molar refractivity (Wildman–Crippen MR) is 153 cm³/mol. The predicted octanol–water partition coefficient (Wildman–Crippen LogP) is 6.49. The molecule has 2 N–H and O–H groups in total. The molecule has 0 bridgehead atoms. The van der Waals surface area contributed by atoms with Gasteiger partial charge in [-0.05, 0) is 50.3 Å². The molecule has 0 aliphatic rings. The van der Waals surface area contributed by atoms with Gasteiger partial charge in [0.05, 0.1) is 0 Å². The fourth-order valence-corrected chi connectivity index (χ4v) is 4.06. The lowest BCUT2D eigenvalue weighted by Crippen LogP contribution is -2.59. The Morgan fingerprint density at radius 2 is 1.27 bits per heavy atom. The molecule has 0 saturated carbocycles. The Labute approximate surface area is 239 Å². The molecule has 2 atom stereocenters. The zero-order valence-corrected chi connectivity index (χ0v) is 25.0. The Kier molecular flexibility index (Phi) is 16.8. The maximum absolute atomic E-state index is 12.7. The van der Waals surface area contributed by atoms with Gasteiger partial charge in [-0.25, -0.2) is 4.79 Å². The van der Waals surface area contributed by atoms with Gasteiger partial charge in [0, 0.05) is 31.7 Å². The third-order valence-electron chi connectivity index (χ3n) is 6.59. The minimum atomic E-state index is -2.03. The molecule has 9 nitrogen and oxygen atoms in total. The second-order valence-electron chi connectivity index (χ2n) is 10.3. The van der Waals surface area contributed by atoms with Crippen molar-refractivity contribution >= 4 is 23.9 Å². The Morgan fingerprint density at radius 3 is 1.75 bits per heavy atom. The number of hydrogen-bond acceptors (Lipinski definition) is 8. The fraction of sp³-hybridized carbons (Fsp3) is 0.677. The van der Waals surface area contributed by atoms with E-state index in [1.807, 2.05) is 34.6 Å². The minimum absolute atomic E-state index is 0.0277. The number of unbranched alkanes of at least 4 members (excludes halogenated alkanes) is 6. The molecule has 0 aliphatic heterocycles. The molecule has 0 spiro atoms. The highest BCUT2D eigenvalue weighted by molar-refractivity contribution is 5.82. The molecule has 1 unspecified atom stereocenters. The van der Waals surface area contributed by atoms with Crippen molar-refractivity contribution in [3.63, 3.8) is 0 Å². The molecule has 0 radical (unpaired) electrons. The van der Waals surface area contributed by atoms with E-state index in [1.54, 1.807) is 6.07 Å². The van der Waals surface area contributed by atoms with Gasteiger partial charge in [0.25, 0.3) is 5.72 Å². The maximum Gasteiger partial charge on any atom is 0.364 e. The standard InChI is InChI=1S/C31H49NO8/c1-6-10-13-16-27(33)38-25-20-19-24(21-26(25)39-28(34)17-14-11-7-2)22-31(30(36)37,32-23(5)9-4)40-29(35)18-15-12-8-3/h19-21,23,32H,6-18,22H2,1-5H3,(H,36,37)/t23?,31-/m0/s1. The van der Waals surface area contributed by atoms with Gasteiger partial charge in [-0.15, -0.1) is 0 Å². The third-order valence-corrected chi connectivity index (χ3v) is 6.59. The molecule has 1 aromatic carbocycles. The monoisotopic (exact) mass is 563 g/mol. The first kappa shape index (κ1) is 35.1. The summed E-state index contributed by atoms with van der Waals surface area (Å²) in [5.74, 6) is -2.74. The van der Waals surface area contributed by atoms with Crippen LogP contribution in [0.1, 0.15) is 124 Å². The van der Waals surface area contributed by atoms with Crippen LogP contribution in [0.5, 0.6) is 11.5 Å². The normalized spacial score (nSPS) is 13.2. The van der Waals surface area contributed by atoms with Crippen molar-refractivity contribution in [2.75, 3.05) is 0 Å². The van der Waals surface area contributed by atoms with Crippen molar-refractivity contribution in [3.8, 4) is 11.5 Å². The molecule has 1 aromatic rings. The largest absolute Gasteiger partial charge is 0.477 e. The van der Waals surface area contributed by atoms with Gasteiger partial charge in [0.1, 0.15) is 0 Å². The van der Waals surface area contributed by atoms with Crippen LogP contribution in [0.15, 0.2) is 18.2 Å². The highest BCUT2D eigenvalue weighted by atomic mass is 16.6. The van der Waals surface area contributed by atoms with Crippen LogP contribution in [0.2, 0.25) is 0 Å². The first-order chi connectivity index (χ1) is 19.1. The van der Waals surface area contributed by atoms with Crippen LogP contribution in [-0.4, -0.2) is 40.8 Å². The summed E-state index contributed by atoms with van der Waals surface area (Å²) in [7, 11) is 0. The molecule has 0 amide bonds. The van der Waals surface area contributed by atoms with Crippen molar-refractivity contribution in [1.29, 1.82) is 0 Å². The van der Waals surface area contributed by atoms with E-state index in [1.165, 1.54) is 12.1 Å². The highest BCUT2D eigenvalue weighted by Crippen LogP contribution is 2.32. The number of carbonyl (C=O) groups is 4.